The van der Waals surface area contributed by atoms with Crippen LogP contribution in [-0.4, -0.2) is 37.2 Å². The second kappa shape index (κ2) is 60.9. The zero-order valence-corrected chi connectivity index (χ0v) is 47.9. The lowest BCUT2D eigenvalue weighted by molar-refractivity contribution is -0.166. The summed E-state index contributed by atoms with van der Waals surface area (Å²) >= 11 is 0. The number of hydrogen-bond donors (Lipinski definition) is 0. The molecule has 1 atom stereocenters. The van der Waals surface area contributed by atoms with Crippen molar-refractivity contribution < 1.29 is 28.6 Å². The summed E-state index contributed by atoms with van der Waals surface area (Å²) in [5, 5.41) is 0. The van der Waals surface area contributed by atoms with E-state index < -0.39 is 6.10 Å². The van der Waals surface area contributed by atoms with Gasteiger partial charge in [-0.2, -0.15) is 0 Å². The first-order valence-electron chi connectivity index (χ1n) is 30.7. The first kappa shape index (κ1) is 69.3. The number of hydrogen-bond acceptors (Lipinski definition) is 6. The summed E-state index contributed by atoms with van der Waals surface area (Å²) in [6.07, 6.45) is 81.3. The second-order valence-corrected chi connectivity index (χ2v) is 20.2. The van der Waals surface area contributed by atoms with Crippen LogP contribution in [0.4, 0.5) is 0 Å². The first-order chi connectivity index (χ1) is 36.0. The Hall–Kier alpha value is -3.67. The van der Waals surface area contributed by atoms with E-state index in [9.17, 15) is 14.4 Å². The molecule has 0 rings (SSSR count). The Bertz CT molecular complexity index is 1440. The van der Waals surface area contributed by atoms with Gasteiger partial charge in [-0.3, -0.25) is 14.4 Å². The Balaban J connectivity index is 4.50. The van der Waals surface area contributed by atoms with E-state index in [1.807, 2.05) is 6.08 Å². The average Bonchev–Trinajstić information content (AvgIpc) is 3.39. The van der Waals surface area contributed by atoms with Crippen molar-refractivity contribution in [1.29, 1.82) is 0 Å². The third-order valence-corrected chi connectivity index (χ3v) is 13.1. The van der Waals surface area contributed by atoms with Gasteiger partial charge in [-0.05, 0) is 109 Å². The Morgan fingerprint density at radius 1 is 0.288 bits per heavy atom. The van der Waals surface area contributed by atoms with Crippen molar-refractivity contribution >= 4 is 17.9 Å². The van der Waals surface area contributed by atoms with Crippen molar-refractivity contribution in [1.82, 2.24) is 0 Å². The summed E-state index contributed by atoms with van der Waals surface area (Å²) in [7, 11) is 0. The van der Waals surface area contributed by atoms with Crippen molar-refractivity contribution in [3.63, 3.8) is 0 Å². The molecule has 1 unspecified atom stereocenters. The van der Waals surface area contributed by atoms with E-state index in [0.29, 0.717) is 19.3 Å². The number of unbranched alkanes of at least 4 members (excludes halogenated alkanes) is 28. The topological polar surface area (TPSA) is 78.9 Å². The molecule has 0 aromatic rings. The smallest absolute Gasteiger partial charge is 0.306 e. The molecule has 0 amide bonds. The average molecular weight is 1020 g/mol. The van der Waals surface area contributed by atoms with Gasteiger partial charge in [0.25, 0.3) is 0 Å². The normalized spacial score (nSPS) is 12.8. The molecule has 73 heavy (non-hydrogen) atoms. The summed E-state index contributed by atoms with van der Waals surface area (Å²) < 4.78 is 16.8. The van der Waals surface area contributed by atoms with Crippen LogP contribution in [0.1, 0.15) is 290 Å². The Labute approximate surface area is 451 Å². The maximum Gasteiger partial charge on any atom is 0.306 e. The van der Waals surface area contributed by atoms with E-state index in [4.69, 9.17) is 14.2 Å². The van der Waals surface area contributed by atoms with E-state index in [1.54, 1.807) is 0 Å². The molecular weight excluding hydrogens is 901 g/mol. The van der Waals surface area contributed by atoms with Gasteiger partial charge in [-0.15, -0.1) is 0 Å². The fraction of sp³-hybridized carbons (Fsp3) is 0.716. The fourth-order valence-electron chi connectivity index (χ4n) is 8.46. The molecule has 0 bridgehead atoms. The molecule has 0 spiro atoms. The van der Waals surface area contributed by atoms with Crippen LogP contribution < -0.4 is 0 Å². The highest BCUT2D eigenvalue weighted by Crippen LogP contribution is 2.15. The van der Waals surface area contributed by atoms with Crippen LogP contribution in [0, 0.1) is 0 Å². The molecule has 0 aliphatic rings. The molecule has 0 radical (unpaired) electrons. The van der Waals surface area contributed by atoms with Crippen LogP contribution in [0.5, 0.6) is 0 Å². The molecule has 6 heteroatoms. The van der Waals surface area contributed by atoms with Crippen LogP contribution >= 0.6 is 0 Å². The van der Waals surface area contributed by atoms with E-state index in [-0.39, 0.29) is 37.5 Å². The van der Waals surface area contributed by atoms with E-state index in [2.05, 4.69) is 112 Å². The van der Waals surface area contributed by atoms with E-state index >= 15 is 0 Å². The van der Waals surface area contributed by atoms with Gasteiger partial charge in [0, 0.05) is 19.3 Å². The van der Waals surface area contributed by atoms with Gasteiger partial charge >= 0.3 is 17.9 Å². The number of allylic oxidation sites excluding steroid dienone is 16. The number of ether oxygens (including phenoxy) is 3. The predicted molar refractivity (Wildman–Crippen MR) is 316 cm³/mol. The number of esters is 3. The van der Waals surface area contributed by atoms with Crippen LogP contribution in [0.25, 0.3) is 0 Å². The summed E-state index contributed by atoms with van der Waals surface area (Å²) in [5.74, 6) is -0.993. The lowest BCUT2D eigenvalue weighted by Crippen LogP contribution is -2.30. The summed E-state index contributed by atoms with van der Waals surface area (Å²) in [4.78, 5) is 38.2. The summed E-state index contributed by atoms with van der Waals surface area (Å²) in [6.45, 7) is 6.47. The molecular formula is C67H114O6. The maximum absolute atomic E-state index is 12.9. The minimum Gasteiger partial charge on any atom is -0.462 e. The van der Waals surface area contributed by atoms with Crippen molar-refractivity contribution in [2.45, 2.75) is 297 Å². The molecule has 0 aromatic heterocycles. The van der Waals surface area contributed by atoms with Crippen molar-refractivity contribution in [2.75, 3.05) is 13.2 Å². The standard InChI is InChI=1S/C67H114O6/c1-4-7-10-13-16-19-22-25-28-31-33-36-39-42-45-48-51-54-57-60-66(69)72-63-64(62-71-65(68)59-56-53-50-47-44-41-38-35-30-27-24-21-18-15-12-9-6-3)73-67(70)61-58-55-52-49-46-43-40-37-34-32-29-26-23-20-17-14-11-8-5-2/h7,10,16,19,25,27-28,30,32-34,36,42,45,51,54,64H,4-6,8-9,11-15,17-18,20-24,26,29,31,35,37-41,43-44,46-50,52-53,55-63H2,1-3H3/b10-7-,19-16-,28-25-,30-27-,34-32-,36-33-,45-42-,54-51-. The fourth-order valence-corrected chi connectivity index (χ4v) is 8.46. The lowest BCUT2D eigenvalue weighted by Gasteiger charge is -2.18. The maximum atomic E-state index is 12.9. The largest absolute Gasteiger partial charge is 0.462 e. The molecule has 0 fully saturated rings. The van der Waals surface area contributed by atoms with E-state index in [0.717, 1.165) is 77.0 Å². The van der Waals surface area contributed by atoms with Crippen LogP contribution in [0.3, 0.4) is 0 Å². The van der Waals surface area contributed by atoms with Crippen molar-refractivity contribution in [3.05, 3.63) is 97.2 Å². The molecule has 0 aliphatic heterocycles. The Morgan fingerprint density at radius 2 is 0.562 bits per heavy atom. The number of rotatable bonds is 55. The van der Waals surface area contributed by atoms with Gasteiger partial charge < -0.3 is 14.2 Å². The minimum atomic E-state index is -0.814. The Morgan fingerprint density at radius 3 is 0.918 bits per heavy atom. The van der Waals surface area contributed by atoms with Gasteiger partial charge in [0.15, 0.2) is 6.10 Å². The molecule has 6 nitrogen and oxygen atoms in total. The second-order valence-electron chi connectivity index (χ2n) is 20.2. The molecule has 0 N–H and O–H groups in total. The van der Waals surface area contributed by atoms with Crippen molar-refractivity contribution in [3.8, 4) is 0 Å². The first-order valence-corrected chi connectivity index (χ1v) is 30.7. The molecule has 0 saturated heterocycles. The minimum absolute atomic E-state index is 0.104. The van der Waals surface area contributed by atoms with Gasteiger partial charge in [0.2, 0.25) is 0 Å². The predicted octanol–water partition coefficient (Wildman–Crippen LogP) is 20.9. The van der Waals surface area contributed by atoms with Crippen molar-refractivity contribution in [2.24, 2.45) is 0 Å². The number of carbonyl (C=O) groups is 3. The van der Waals surface area contributed by atoms with Gasteiger partial charge in [-0.25, -0.2) is 0 Å². The highest BCUT2D eigenvalue weighted by atomic mass is 16.6. The summed E-state index contributed by atoms with van der Waals surface area (Å²) in [5.41, 5.74) is 0. The third-order valence-electron chi connectivity index (χ3n) is 13.1. The zero-order chi connectivity index (χ0) is 52.9. The molecule has 0 saturated carbocycles. The van der Waals surface area contributed by atoms with Crippen LogP contribution in [-0.2, 0) is 28.6 Å². The van der Waals surface area contributed by atoms with Gasteiger partial charge in [0.1, 0.15) is 13.2 Å². The highest BCUT2D eigenvalue weighted by molar-refractivity contribution is 5.71. The lowest BCUT2D eigenvalue weighted by atomic mass is 10.1. The van der Waals surface area contributed by atoms with Gasteiger partial charge in [-0.1, -0.05) is 259 Å². The molecule has 0 aliphatic carbocycles. The number of carbonyl (C=O) groups excluding carboxylic acids is 3. The molecule has 418 valence electrons. The Kier molecular flexibility index (Phi) is 57.8. The third kappa shape index (κ3) is 59.1. The van der Waals surface area contributed by atoms with E-state index in [1.165, 1.54) is 167 Å². The zero-order valence-electron chi connectivity index (χ0n) is 47.9. The monoisotopic (exact) mass is 1010 g/mol. The van der Waals surface area contributed by atoms with Gasteiger partial charge in [0.05, 0.1) is 0 Å². The quantitative estimate of drug-likeness (QED) is 0.0261. The molecule has 0 heterocycles. The molecule has 0 aromatic carbocycles. The van der Waals surface area contributed by atoms with Crippen LogP contribution in [0.2, 0.25) is 0 Å². The van der Waals surface area contributed by atoms with Crippen LogP contribution in [0.15, 0.2) is 97.2 Å². The SMILES string of the molecule is CC/C=C\C/C=C\C/C=C\C/C=C\C/C=C\C/C=C\CCC(=O)OCC(COC(=O)CCCCCCCCC/C=C\CCCCCCCC)OC(=O)CCCCCCCCC/C=C\CCCCCCCCCC. The highest BCUT2D eigenvalue weighted by Gasteiger charge is 2.19. The summed E-state index contributed by atoms with van der Waals surface area (Å²) in [6, 6.07) is 0.